The van der Waals surface area contributed by atoms with E-state index in [1.807, 2.05) is 24.3 Å². The minimum absolute atomic E-state index is 0.309. The van der Waals surface area contributed by atoms with E-state index in [1.54, 1.807) is 24.5 Å². The monoisotopic (exact) mass is 305 g/mol. The first-order chi connectivity index (χ1) is 11.3. The molecule has 0 saturated heterocycles. The number of anilines is 2. The number of H-pyrrole nitrogens is 1. The highest BCUT2D eigenvalue weighted by Gasteiger charge is 2.05. The maximum atomic E-state index is 13.2. The van der Waals surface area contributed by atoms with Gasteiger partial charge in [-0.1, -0.05) is 18.2 Å². The van der Waals surface area contributed by atoms with Crippen LogP contribution in [0.15, 0.2) is 60.9 Å². The van der Waals surface area contributed by atoms with E-state index in [0.29, 0.717) is 11.6 Å². The Morgan fingerprint density at radius 1 is 1.04 bits per heavy atom. The van der Waals surface area contributed by atoms with Crippen molar-refractivity contribution < 1.29 is 4.39 Å². The Morgan fingerprint density at radius 2 is 2.00 bits per heavy atom. The molecular weight excluding hydrogens is 293 g/mol. The number of nitrogens with zero attached hydrogens (tertiary/aromatic N) is 3. The summed E-state index contributed by atoms with van der Waals surface area (Å²) in [6.45, 7) is 0. The molecule has 23 heavy (non-hydrogen) atoms. The fourth-order valence-electron chi connectivity index (χ4n) is 2.37. The largest absolute Gasteiger partial charge is 0.324 e. The van der Waals surface area contributed by atoms with Crippen LogP contribution in [-0.2, 0) is 0 Å². The van der Waals surface area contributed by atoms with Gasteiger partial charge in [0.15, 0.2) is 0 Å². The lowest BCUT2D eigenvalue weighted by molar-refractivity contribution is 0.628. The molecule has 0 atom stereocenters. The van der Waals surface area contributed by atoms with E-state index in [1.165, 1.54) is 12.1 Å². The second-order valence-corrected chi connectivity index (χ2v) is 5.07. The predicted octanol–water partition coefficient (Wildman–Crippen LogP) is 3.90. The van der Waals surface area contributed by atoms with E-state index < -0.39 is 0 Å². The predicted molar refractivity (Wildman–Crippen MR) is 86.8 cm³/mol. The smallest absolute Gasteiger partial charge is 0.227 e. The zero-order chi connectivity index (χ0) is 15.6. The average molecular weight is 305 g/mol. The second-order valence-electron chi connectivity index (χ2n) is 5.07. The van der Waals surface area contributed by atoms with Crippen molar-refractivity contribution >= 4 is 22.5 Å². The summed E-state index contributed by atoms with van der Waals surface area (Å²) < 4.78 is 13.2. The summed E-state index contributed by atoms with van der Waals surface area (Å²) >= 11 is 0. The van der Waals surface area contributed by atoms with Gasteiger partial charge in [0.1, 0.15) is 5.82 Å². The summed E-state index contributed by atoms with van der Waals surface area (Å²) in [7, 11) is 0. The van der Waals surface area contributed by atoms with Gasteiger partial charge in [0.25, 0.3) is 0 Å². The van der Waals surface area contributed by atoms with Crippen LogP contribution in [0, 0.1) is 5.82 Å². The lowest BCUT2D eigenvalue weighted by Gasteiger charge is -2.07. The van der Waals surface area contributed by atoms with Crippen LogP contribution in [0.2, 0.25) is 0 Å². The molecule has 112 valence electrons. The fraction of sp³-hybridized carbons (Fsp3) is 0. The van der Waals surface area contributed by atoms with Gasteiger partial charge in [0, 0.05) is 22.8 Å². The molecule has 0 aliphatic carbocycles. The minimum atomic E-state index is -0.309. The molecule has 0 saturated carbocycles. The van der Waals surface area contributed by atoms with Crippen molar-refractivity contribution in [3.8, 4) is 11.3 Å². The second kappa shape index (κ2) is 5.49. The molecule has 0 fully saturated rings. The molecule has 0 bridgehead atoms. The van der Waals surface area contributed by atoms with Gasteiger partial charge in [0.2, 0.25) is 5.95 Å². The van der Waals surface area contributed by atoms with Crippen molar-refractivity contribution in [3.05, 3.63) is 66.7 Å². The topological polar surface area (TPSA) is 66.5 Å². The van der Waals surface area contributed by atoms with E-state index in [-0.39, 0.29) is 5.82 Å². The van der Waals surface area contributed by atoms with Crippen LogP contribution in [0.3, 0.4) is 0 Å². The third-order valence-corrected chi connectivity index (χ3v) is 3.47. The summed E-state index contributed by atoms with van der Waals surface area (Å²) in [4.78, 5) is 8.66. The highest BCUT2D eigenvalue weighted by atomic mass is 19.1. The number of hydrogen-bond donors (Lipinski definition) is 2. The number of fused-ring (bicyclic) bond motifs is 1. The van der Waals surface area contributed by atoms with Gasteiger partial charge in [-0.2, -0.15) is 5.10 Å². The molecule has 5 nitrogen and oxygen atoms in total. The number of hydrogen-bond acceptors (Lipinski definition) is 4. The molecule has 4 aromatic rings. The van der Waals surface area contributed by atoms with Gasteiger partial charge in [-0.15, -0.1) is 0 Å². The number of aromatic amines is 1. The number of rotatable bonds is 3. The summed E-state index contributed by atoms with van der Waals surface area (Å²) in [6, 6.07) is 13.9. The molecule has 4 rings (SSSR count). The number of benzene rings is 2. The SMILES string of the molecule is Fc1cccc(Nc2nccc(-c3ccc4cn[nH]c4c3)n2)c1. The van der Waals surface area contributed by atoms with Gasteiger partial charge in [0.05, 0.1) is 17.4 Å². The van der Waals surface area contributed by atoms with Gasteiger partial charge < -0.3 is 5.32 Å². The van der Waals surface area contributed by atoms with Crippen molar-refractivity contribution in [1.82, 2.24) is 20.2 Å². The van der Waals surface area contributed by atoms with Crippen molar-refractivity contribution in [1.29, 1.82) is 0 Å². The van der Waals surface area contributed by atoms with Gasteiger partial charge in [-0.05, 0) is 30.3 Å². The van der Waals surface area contributed by atoms with E-state index in [9.17, 15) is 4.39 Å². The molecule has 0 amide bonds. The van der Waals surface area contributed by atoms with E-state index >= 15 is 0 Å². The van der Waals surface area contributed by atoms with Crippen LogP contribution in [0.5, 0.6) is 0 Å². The molecule has 0 radical (unpaired) electrons. The average Bonchev–Trinajstić information content (AvgIpc) is 3.03. The molecule has 0 aliphatic rings. The number of nitrogens with one attached hydrogen (secondary N) is 2. The third-order valence-electron chi connectivity index (χ3n) is 3.47. The Morgan fingerprint density at radius 3 is 2.91 bits per heavy atom. The normalized spacial score (nSPS) is 10.8. The molecule has 2 aromatic carbocycles. The molecule has 0 unspecified atom stereocenters. The van der Waals surface area contributed by atoms with Crippen molar-refractivity contribution in [2.75, 3.05) is 5.32 Å². The Bertz CT molecular complexity index is 979. The third kappa shape index (κ3) is 2.74. The first-order valence-corrected chi connectivity index (χ1v) is 7.07. The highest BCUT2D eigenvalue weighted by molar-refractivity contribution is 5.83. The van der Waals surface area contributed by atoms with E-state index in [2.05, 4.69) is 25.5 Å². The van der Waals surface area contributed by atoms with E-state index in [4.69, 9.17) is 0 Å². The van der Waals surface area contributed by atoms with Crippen LogP contribution in [0.4, 0.5) is 16.0 Å². The molecule has 6 heteroatoms. The maximum absolute atomic E-state index is 13.2. The molecule has 2 aromatic heterocycles. The Balaban J connectivity index is 1.67. The van der Waals surface area contributed by atoms with Crippen LogP contribution in [0.1, 0.15) is 0 Å². The summed E-state index contributed by atoms with van der Waals surface area (Å²) in [6.07, 6.45) is 3.44. The number of halogens is 1. The van der Waals surface area contributed by atoms with Crippen LogP contribution >= 0.6 is 0 Å². The molecule has 0 spiro atoms. The molecular formula is C17H12FN5. The summed E-state index contributed by atoms with van der Waals surface area (Å²) in [5, 5.41) is 11.0. The van der Waals surface area contributed by atoms with Gasteiger partial charge >= 0.3 is 0 Å². The minimum Gasteiger partial charge on any atom is -0.324 e. The Hall–Kier alpha value is -3.28. The first-order valence-electron chi connectivity index (χ1n) is 7.07. The van der Waals surface area contributed by atoms with Crippen molar-refractivity contribution in [2.45, 2.75) is 0 Å². The first kappa shape index (κ1) is 13.4. The standard InChI is InChI=1S/C17H12FN5/c18-13-2-1-3-14(9-13)21-17-19-7-6-15(22-17)11-4-5-12-10-20-23-16(12)8-11/h1-10H,(H,20,23)(H,19,21,22). The lowest BCUT2D eigenvalue weighted by Crippen LogP contribution is -1.98. The van der Waals surface area contributed by atoms with E-state index in [0.717, 1.165) is 22.2 Å². The van der Waals surface area contributed by atoms with Crippen LogP contribution in [0.25, 0.3) is 22.2 Å². The molecule has 2 heterocycles. The zero-order valence-electron chi connectivity index (χ0n) is 12.0. The van der Waals surface area contributed by atoms with Crippen molar-refractivity contribution in [3.63, 3.8) is 0 Å². The maximum Gasteiger partial charge on any atom is 0.227 e. The Labute approximate surface area is 131 Å². The summed E-state index contributed by atoms with van der Waals surface area (Å²) in [5.74, 6) is 0.105. The fourth-order valence-corrected chi connectivity index (χ4v) is 2.37. The van der Waals surface area contributed by atoms with Crippen LogP contribution < -0.4 is 5.32 Å². The quantitative estimate of drug-likeness (QED) is 0.602. The Kier molecular flexibility index (Phi) is 3.20. The van der Waals surface area contributed by atoms with Gasteiger partial charge in [-0.25, -0.2) is 14.4 Å². The molecule has 0 aliphatic heterocycles. The lowest BCUT2D eigenvalue weighted by atomic mass is 10.1. The highest BCUT2D eigenvalue weighted by Crippen LogP contribution is 2.23. The summed E-state index contributed by atoms with van der Waals surface area (Å²) in [5.41, 5.74) is 3.27. The van der Waals surface area contributed by atoms with Gasteiger partial charge in [-0.3, -0.25) is 5.10 Å². The van der Waals surface area contributed by atoms with Crippen molar-refractivity contribution in [2.24, 2.45) is 0 Å². The zero-order valence-corrected chi connectivity index (χ0v) is 12.0. The number of aromatic nitrogens is 4. The van der Waals surface area contributed by atoms with Crippen LogP contribution in [-0.4, -0.2) is 20.2 Å². The molecule has 2 N–H and O–H groups in total.